The zero-order valence-corrected chi connectivity index (χ0v) is 30.0. The van der Waals surface area contributed by atoms with Gasteiger partial charge in [-0.15, -0.1) is 5.10 Å². The van der Waals surface area contributed by atoms with E-state index in [1.807, 2.05) is 54.6 Å². The Hall–Kier alpha value is -4.66. The number of aliphatic hydroxyl groups excluding tert-OH is 2. The smallest absolute Gasteiger partial charge is 0.280 e. The minimum absolute atomic E-state index is 0.0418. The molecule has 0 saturated carbocycles. The van der Waals surface area contributed by atoms with Crippen molar-refractivity contribution in [3.63, 3.8) is 0 Å². The maximum atomic E-state index is 12.3. The Kier molecular flexibility index (Phi) is 12.1. The summed E-state index contributed by atoms with van der Waals surface area (Å²) < 4.78 is 46.0. The van der Waals surface area contributed by atoms with E-state index in [1.54, 1.807) is 0 Å². The Morgan fingerprint density at radius 1 is 1.02 bits per heavy atom. The molecule has 4 heterocycles. The predicted molar refractivity (Wildman–Crippen MR) is 183 cm³/mol. The number of nitrogen functional groups attached to an aromatic ring is 1. The molecular weight excluding hydrogens is 752 g/mol. The van der Waals surface area contributed by atoms with Gasteiger partial charge in [0.1, 0.15) is 30.6 Å². The fourth-order valence-corrected chi connectivity index (χ4v) is 7.49. The molecule has 6 atom stereocenters. The SMILES string of the molecule is Nc1nc2c(ncn2[C@@H]2O[C@H](COP(=O)([O-])OP(=O)([O-])OCc3cn(CCCCC(=O)NCc4ccc(-c5ccccc5)cc4)nn3)C(O)C2O)c(=O)[nH]1. The number of unbranched alkanes of at least 4 members (excludes halogenated alkanes) is 1. The van der Waals surface area contributed by atoms with Crippen LogP contribution in [0.2, 0.25) is 0 Å². The molecule has 1 aliphatic rings. The third-order valence-corrected chi connectivity index (χ3v) is 10.7. The number of benzene rings is 2. The van der Waals surface area contributed by atoms with E-state index in [1.165, 1.54) is 10.9 Å². The lowest BCUT2D eigenvalue weighted by Crippen LogP contribution is -2.34. The van der Waals surface area contributed by atoms with Gasteiger partial charge in [-0.05, 0) is 29.5 Å². The van der Waals surface area contributed by atoms with Gasteiger partial charge >= 0.3 is 0 Å². The average Bonchev–Trinajstić information content (AvgIpc) is 3.85. The number of nitrogens with one attached hydrogen (secondary N) is 2. The van der Waals surface area contributed by atoms with Crippen molar-refractivity contribution in [1.29, 1.82) is 0 Å². The number of fused-ring (bicyclic) bond motifs is 1. The van der Waals surface area contributed by atoms with Gasteiger partial charge in [0.15, 0.2) is 17.4 Å². The summed E-state index contributed by atoms with van der Waals surface area (Å²) in [5.41, 5.74) is 7.87. The Morgan fingerprint density at radius 2 is 1.74 bits per heavy atom. The summed E-state index contributed by atoms with van der Waals surface area (Å²) >= 11 is 0. The molecule has 5 aromatic rings. The standard InChI is InChI=1S/C31H37N9O12P2/c32-31-35-28-25(29(44)36-31)34-18-40(28)30-27(43)26(42)23(51-30)17-50-54(47,48)52-53(45,46)49-16-22-15-39(38-37-22)13-5-4-8-24(41)33-14-19-9-11-21(12-10-19)20-6-2-1-3-7-20/h1-3,6-7,9-12,15,18,23,26-27,30,42-43H,4-5,8,13-14,16-17H2,(H,33,41)(H,45,46)(H,47,48)(H3,32,35,36,44)/p-2/t23-,26?,27?,30-/m1/s1. The van der Waals surface area contributed by atoms with Gasteiger partial charge in [0.25, 0.3) is 21.2 Å². The highest BCUT2D eigenvalue weighted by atomic mass is 31.3. The van der Waals surface area contributed by atoms with Gasteiger partial charge < -0.3 is 44.8 Å². The third kappa shape index (κ3) is 9.90. The second-order valence-electron chi connectivity index (χ2n) is 12.1. The second-order valence-corrected chi connectivity index (χ2v) is 15.1. The maximum absolute atomic E-state index is 12.3. The van der Waals surface area contributed by atoms with E-state index in [9.17, 15) is 38.7 Å². The first-order valence-corrected chi connectivity index (χ1v) is 19.4. The largest absolute Gasteiger partial charge is 0.756 e. The minimum atomic E-state index is -5.61. The van der Waals surface area contributed by atoms with E-state index < -0.39 is 59.0 Å². The van der Waals surface area contributed by atoms with Gasteiger partial charge in [-0.1, -0.05) is 59.8 Å². The fraction of sp³-hybridized carbons (Fsp3) is 0.355. The van der Waals surface area contributed by atoms with Gasteiger partial charge in [-0.25, -0.2) is 9.29 Å². The van der Waals surface area contributed by atoms with Crippen molar-refractivity contribution in [2.24, 2.45) is 0 Å². The lowest BCUT2D eigenvalue weighted by Gasteiger charge is -2.31. The number of anilines is 1. The average molecular weight is 788 g/mol. The monoisotopic (exact) mass is 787 g/mol. The Labute approximate surface area is 305 Å². The summed E-state index contributed by atoms with van der Waals surface area (Å²) in [6.45, 7) is -0.930. The van der Waals surface area contributed by atoms with Gasteiger partial charge in [0, 0.05) is 19.5 Å². The molecule has 54 heavy (non-hydrogen) atoms. The van der Waals surface area contributed by atoms with Crippen molar-refractivity contribution in [1.82, 2.24) is 39.8 Å². The lowest BCUT2D eigenvalue weighted by atomic mass is 10.0. The molecule has 2 aromatic carbocycles. The molecule has 0 radical (unpaired) electrons. The van der Waals surface area contributed by atoms with Crippen molar-refractivity contribution in [2.75, 3.05) is 12.3 Å². The van der Waals surface area contributed by atoms with Crippen molar-refractivity contribution in [2.45, 2.75) is 63.5 Å². The number of aromatic amines is 1. The first-order valence-electron chi connectivity index (χ1n) is 16.4. The maximum Gasteiger partial charge on any atom is 0.280 e. The van der Waals surface area contributed by atoms with Crippen LogP contribution in [0.25, 0.3) is 22.3 Å². The molecule has 21 nitrogen and oxygen atoms in total. The lowest BCUT2D eigenvalue weighted by molar-refractivity contribution is -0.246. The zero-order chi connectivity index (χ0) is 38.5. The molecule has 1 saturated heterocycles. The molecule has 1 amide bonds. The highest BCUT2D eigenvalue weighted by molar-refractivity contribution is 7.59. The first-order chi connectivity index (χ1) is 25.8. The summed E-state index contributed by atoms with van der Waals surface area (Å²) in [6.07, 6.45) is -2.44. The zero-order valence-electron chi connectivity index (χ0n) is 28.2. The van der Waals surface area contributed by atoms with Crippen LogP contribution in [0, 0.1) is 0 Å². The van der Waals surface area contributed by atoms with Gasteiger partial charge in [-0.3, -0.25) is 33.0 Å². The molecule has 0 aliphatic carbocycles. The van der Waals surface area contributed by atoms with Crippen LogP contribution in [-0.4, -0.2) is 75.6 Å². The third-order valence-electron chi connectivity index (χ3n) is 8.21. The number of nitrogens with two attached hydrogens (primary N) is 1. The predicted octanol–water partition coefficient (Wildman–Crippen LogP) is 0.253. The number of aliphatic hydroxyl groups is 2. The Bertz CT molecular complexity index is 2220. The molecule has 6 N–H and O–H groups in total. The number of aryl methyl sites for hydroxylation is 1. The highest BCUT2D eigenvalue weighted by Crippen LogP contribution is 2.56. The summed E-state index contributed by atoms with van der Waals surface area (Å²) in [5.74, 6) is -0.369. The number of nitrogens with zero attached hydrogens (tertiary/aromatic N) is 6. The number of aromatic nitrogens is 7. The molecule has 0 spiro atoms. The van der Waals surface area contributed by atoms with Gasteiger partial charge in [-0.2, -0.15) is 4.98 Å². The number of hydrogen-bond acceptors (Lipinski definition) is 17. The van der Waals surface area contributed by atoms with Gasteiger partial charge in [0.2, 0.25) is 11.9 Å². The minimum Gasteiger partial charge on any atom is -0.756 e. The quantitative estimate of drug-likeness (QED) is 0.0623. The molecule has 4 unspecified atom stereocenters. The van der Waals surface area contributed by atoms with E-state index >= 15 is 0 Å². The van der Waals surface area contributed by atoms with Crippen molar-refractivity contribution < 1.29 is 52.0 Å². The second kappa shape index (κ2) is 16.8. The molecule has 0 bridgehead atoms. The Morgan fingerprint density at radius 3 is 2.50 bits per heavy atom. The molecular formula is C31H35N9O12P2-2. The molecule has 1 fully saturated rings. The summed E-state index contributed by atoms with van der Waals surface area (Å²) in [5, 5.41) is 31.5. The van der Waals surface area contributed by atoms with Crippen LogP contribution in [0.5, 0.6) is 0 Å². The van der Waals surface area contributed by atoms with Crippen LogP contribution in [0.15, 0.2) is 71.9 Å². The number of ether oxygens (including phenoxy) is 1. The molecule has 1 aliphatic heterocycles. The van der Waals surface area contributed by atoms with Crippen molar-refractivity contribution in [3.05, 3.63) is 88.7 Å². The van der Waals surface area contributed by atoms with E-state index in [0.29, 0.717) is 25.9 Å². The van der Waals surface area contributed by atoms with Crippen LogP contribution in [0.4, 0.5) is 5.95 Å². The van der Waals surface area contributed by atoms with Crippen LogP contribution in [0.1, 0.15) is 36.7 Å². The number of imidazole rings is 1. The van der Waals surface area contributed by atoms with E-state index in [-0.39, 0.29) is 35.1 Å². The van der Waals surface area contributed by atoms with E-state index in [2.05, 4.69) is 43.9 Å². The van der Waals surface area contributed by atoms with Crippen LogP contribution in [0.3, 0.4) is 0 Å². The van der Waals surface area contributed by atoms with Crippen molar-refractivity contribution in [3.8, 4) is 11.1 Å². The Balaban J connectivity index is 0.892. The molecule has 6 rings (SSSR count). The number of carbonyl (C=O) groups is 1. The number of hydrogen-bond donors (Lipinski definition) is 5. The van der Waals surface area contributed by atoms with Crippen LogP contribution < -0.4 is 26.4 Å². The molecule has 23 heteroatoms. The highest BCUT2D eigenvalue weighted by Gasteiger charge is 2.45. The van der Waals surface area contributed by atoms with Crippen molar-refractivity contribution >= 4 is 38.7 Å². The fourth-order valence-electron chi connectivity index (χ4n) is 5.51. The van der Waals surface area contributed by atoms with Gasteiger partial charge in [0.05, 0.1) is 19.1 Å². The summed E-state index contributed by atoms with van der Waals surface area (Å²) in [6, 6.07) is 17.9. The number of carbonyl (C=O) groups excluding carboxylic acids is 1. The van der Waals surface area contributed by atoms with E-state index in [4.69, 9.17) is 10.5 Å². The van der Waals surface area contributed by atoms with E-state index in [0.717, 1.165) is 27.6 Å². The number of phosphoric acid groups is 2. The number of amides is 1. The van der Waals surface area contributed by atoms with Crippen LogP contribution in [-0.2, 0) is 51.7 Å². The van der Waals surface area contributed by atoms with Crippen LogP contribution >= 0.6 is 15.6 Å². The topological polar surface area (TPSA) is 307 Å². The summed E-state index contributed by atoms with van der Waals surface area (Å²) in [7, 11) is -11.1. The molecule has 3 aromatic heterocycles. The first kappa shape index (κ1) is 39.0. The summed E-state index contributed by atoms with van der Waals surface area (Å²) in [4.78, 5) is 59.1. The normalized spacial score (nSPS) is 20.8. The number of H-pyrrole nitrogens is 1. The molecule has 288 valence electrons. The number of rotatable bonds is 17. The number of phosphoric ester groups is 2.